The summed E-state index contributed by atoms with van der Waals surface area (Å²) >= 11 is 0. The molecule has 1 aliphatic rings. The second-order valence-electron chi connectivity index (χ2n) is 9.05. The third-order valence-corrected chi connectivity index (χ3v) is 5.93. The lowest BCUT2D eigenvalue weighted by atomic mass is 9.92. The van der Waals surface area contributed by atoms with Gasteiger partial charge >= 0.3 is 5.63 Å². The van der Waals surface area contributed by atoms with Crippen LogP contribution in [-0.2, 0) is 10.4 Å². The highest BCUT2D eigenvalue weighted by molar-refractivity contribution is 5.97. The molecule has 0 radical (unpaired) electrons. The SMILES string of the molecule is CC(Oc1cc(-c2c(C(C)(C)O)oc(=O)c3ccccc23)ccc1OC1CCCC1)C(N)=O. The van der Waals surface area contributed by atoms with E-state index in [-0.39, 0.29) is 11.9 Å². The van der Waals surface area contributed by atoms with E-state index in [1.54, 1.807) is 45.0 Å². The van der Waals surface area contributed by atoms with Crippen LogP contribution in [0.15, 0.2) is 51.7 Å². The van der Waals surface area contributed by atoms with Gasteiger partial charge in [0.2, 0.25) is 0 Å². The van der Waals surface area contributed by atoms with Crippen molar-refractivity contribution in [3.8, 4) is 22.6 Å². The number of carbonyl (C=O) groups excluding carboxylic acids is 1. The predicted octanol–water partition coefficient (Wildman–Crippen LogP) is 4.26. The van der Waals surface area contributed by atoms with E-state index in [0.29, 0.717) is 33.4 Å². The summed E-state index contributed by atoms with van der Waals surface area (Å²) in [6, 6.07) is 12.4. The fraction of sp³-hybridized carbons (Fsp3) is 0.385. The number of nitrogens with two attached hydrogens (primary N) is 1. The first-order valence-electron chi connectivity index (χ1n) is 11.2. The second kappa shape index (κ2) is 8.90. The van der Waals surface area contributed by atoms with Crippen molar-refractivity contribution in [3.63, 3.8) is 0 Å². The van der Waals surface area contributed by atoms with Gasteiger partial charge in [0.05, 0.1) is 11.5 Å². The molecule has 0 aliphatic heterocycles. The highest BCUT2D eigenvalue weighted by atomic mass is 16.5. The number of aliphatic hydroxyl groups is 1. The van der Waals surface area contributed by atoms with Crippen molar-refractivity contribution < 1.29 is 23.8 Å². The average molecular weight is 452 g/mol. The van der Waals surface area contributed by atoms with Crippen molar-refractivity contribution in [3.05, 3.63) is 58.6 Å². The molecule has 0 bridgehead atoms. The monoisotopic (exact) mass is 451 g/mol. The van der Waals surface area contributed by atoms with Crippen molar-refractivity contribution in [2.45, 2.75) is 64.3 Å². The van der Waals surface area contributed by atoms with Gasteiger partial charge in [0, 0.05) is 10.9 Å². The van der Waals surface area contributed by atoms with Crippen LogP contribution in [-0.4, -0.2) is 23.2 Å². The number of hydrogen-bond donors (Lipinski definition) is 2. The number of amides is 1. The van der Waals surface area contributed by atoms with Crippen molar-refractivity contribution in [1.29, 1.82) is 0 Å². The Balaban J connectivity index is 1.90. The molecule has 3 N–H and O–H groups in total. The van der Waals surface area contributed by atoms with Crippen LogP contribution in [0.1, 0.15) is 52.2 Å². The van der Waals surface area contributed by atoms with Gasteiger partial charge in [-0.05, 0) is 70.2 Å². The number of fused-ring (bicyclic) bond motifs is 1. The molecule has 4 rings (SSSR count). The van der Waals surface area contributed by atoms with Gasteiger partial charge in [0.15, 0.2) is 17.6 Å². The second-order valence-corrected chi connectivity index (χ2v) is 9.05. The van der Waals surface area contributed by atoms with E-state index in [9.17, 15) is 14.7 Å². The average Bonchev–Trinajstić information content (AvgIpc) is 3.27. The number of ether oxygens (including phenoxy) is 2. The Hall–Kier alpha value is -3.32. The molecule has 3 aromatic rings. The van der Waals surface area contributed by atoms with Crippen LogP contribution >= 0.6 is 0 Å². The normalized spacial score (nSPS) is 15.5. The molecule has 0 saturated heterocycles. The Morgan fingerprint density at radius 1 is 1.12 bits per heavy atom. The van der Waals surface area contributed by atoms with Crippen LogP contribution in [0.3, 0.4) is 0 Å². The van der Waals surface area contributed by atoms with Gasteiger partial charge in [0.25, 0.3) is 5.91 Å². The molecule has 1 unspecified atom stereocenters. The van der Waals surface area contributed by atoms with Crippen molar-refractivity contribution >= 4 is 16.7 Å². The van der Waals surface area contributed by atoms with Gasteiger partial charge in [-0.15, -0.1) is 0 Å². The third-order valence-electron chi connectivity index (χ3n) is 5.93. The maximum absolute atomic E-state index is 12.6. The molecule has 0 spiro atoms. The molecule has 1 aliphatic carbocycles. The minimum atomic E-state index is -1.42. The maximum atomic E-state index is 12.6. The molecular formula is C26H29NO6. The van der Waals surface area contributed by atoms with Crippen LogP contribution in [0.4, 0.5) is 0 Å². The number of carbonyl (C=O) groups is 1. The summed E-state index contributed by atoms with van der Waals surface area (Å²) in [6.07, 6.45) is 3.37. The van der Waals surface area contributed by atoms with Gasteiger partial charge in [-0.1, -0.05) is 24.3 Å². The number of hydrogen-bond acceptors (Lipinski definition) is 6. The number of benzene rings is 2. The molecule has 2 aromatic carbocycles. The zero-order valence-corrected chi connectivity index (χ0v) is 19.1. The summed E-state index contributed by atoms with van der Waals surface area (Å²) in [4.78, 5) is 24.3. The third kappa shape index (κ3) is 4.73. The molecular weight excluding hydrogens is 422 g/mol. The lowest BCUT2D eigenvalue weighted by Crippen LogP contribution is -2.31. The first kappa shape index (κ1) is 22.9. The molecule has 1 fully saturated rings. The molecule has 7 nitrogen and oxygen atoms in total. The molecule has 174 valence electrons. The first-order valence-corrected chi connectivity index (χ1v) is 11.2. The highest BCUT2D eigenvalue weighted by Crippen LogP contribution is 2.41. The Morgan fingerprint density at radius 2 is 1.79 bits per heavy atom. The molecule has 1 atom stereocenters. The van der Waals surface area contributed by atoms with E-state index in [1.165, 1.54) is 0 Å². The minimum Gasteiger partial charge on any atom is -0.487 e. The fourth-order valence-corrected chi connectivity index (χ4v) is 4.20. The molecule has 1 heterocycles. The van der Waals surface area contributed by atoms with Crippen molar-refractivity contribution in [2.75, 3.05) is 0 Å². The molecule has 1 aromatic heterocycles. The summed E-state index contributed by atoms with van der Waals surface area (Å²) < 4.78 is 17.7. The number of primary amides is 1. The topological polar surface area (TPSA) is 112 Å². The largest absolute Gasteiger partial charge is 0.487 e. The molecule has 33 heavy (non-hydrogen) atoms. The molecule has 1 saturated carbocycles. The first-order chi connectivity index (χ1) is 15.6. The quantitative estimate of drug-likeness (QED) is 0.555. The molecule has 7 heteroatoms. The number of rotatable bonds is 7. The Bertz CT molecular complexity index is 1230. The maximum Gasteiger partial charge on any atom is 0.343 e. The molecule has 1 amide bonds. The van der Waals surface area contributed by atoms with Gasteiger partial charge in [0.1, 0.15) is 11.4 Å². The van der Waals surface area contributed by atoms with E-state index < -0.39 is 23.2 Å². The Kier molecular flexibility index (Phi) is 6.17. The van der Waals surface area contributed by atoms with E-state index in [2.05, 4.69) is 0 Å². The van der Waals surface area contributed by atoms with Gasteiger partial charge in [-0.25, -0.2) is 4.79 Å². The van der Waals surface area contributed by atoms with Gasteiger partial charge in [-0.2, -0.15) is 0 Å². The lowest BCUT2D eigenvalue weighted by Gasteiger charge is -2.23. The minimum absolute atomic E-state index is 0.0876. The van der Waals surface area contributed by atoms with E-state index in [4.69, 9.17) is 19.6 Å². The van der Waals surface area contributed by atoms with E-state index in [0.717, 1.165) is 25.7 Å². The smallest absolute Gasteiger partial charge is 0.343 e. The van der Waals surface area contributed by atoms with Crippen LogP contribution in [0.5, 0.6) is 11.5 Å². The summed E-state index contributed by atoms with van der Waals surface area (Å²) in [5, 5.41) is 11.8. The zero-order valence-electron chi connectivity index (χ0n) is 19.1. The summed E-state index contributed by atoms with van der Waals surface area (Å²) in [5.74, 6) is 0.429. The van der Waals surface area contributed by atoms with Crippen molar-refractivity contribution in [2.24, 2.45) is 5.73 Å². The van der Waals surface area contributed by atoms with Crippen molar-refractivity contribution in [1.82, 2.24) is 0 Å². The van der Waals surface area contributed by atoms with E-state index in [1.807, 2.05) is 18.2 Å². The lowest BCUT2D eigenvalue weighted by molar-refractivity contribution is -0.124. The predicted molar refractivity (Wildman–Crippen MR) is 125 cm³/mol. The van der Waals surface area contributed by atoms with Gasteiger partial charge < -0.3 is 24.7 Å². The van der Waals surface area contributed by atoms with Crippen LogP contribution in [0, 0.1) is 0 Å². The Labute approximate surface area is 192 Å². The fourth-order valence-electron chi connectivity index (χ4n) is 4.20. The van der Waals surface area contributed by atoms with Crippen LogP contribution in [0.2, 0.25) is 0 Å². The zero-order chi connectivity index (χ0) is 23.8. The van der Waals surface area contributed by atoms with Crippen LogP contribution in [0.25, 0.3) is 21.9 Å². The van der Waals surface area contributed by atoms with E-state index >= 15 is 0 Å². The van der Waals surface area contributed by atoms with Crippen LogP contribution < -0.4 is 20.8 Å². The van der Waals surface area contributed by atoms with Gasteiger partial charge in [-0.3, -0.25) is 4.79 Å². The Morgan fingerprint density at radius 3 is 2.42 bits per heavy atom. The summed E-state index contributed by atoms with van der Waals surface area (Å²) in [7, 11) is 0. The standard InChI is InChI=1S/C26H29NO6/c1-15(24(27)28)31-21-14-16(12-13-20(21)32-17-8-4-5-9-17)22-18-10-6-7-11-19(18)25(29)33-23(22)26(2,3)30/h6-7,10-15,17,30H,4-5,8-9H2,1-3H3,(H2,27,28). The summed E-state index contributed by atoms with van der Waals surface area (Å²) in [6.45, 7) is 4.70. The highest BCUT2D eigenvalue weighted by Gasteiger charge is 2.28. The summed E-state index contributed by atoms with van der Waals surface area (Å²) in [5.41, 5.74) is 4.71.